The summed E-state index contributed by atoms with van der Waals surface area (Å²) < 4.78 is 35.6. The molecule has 0 fully saturated rings. The van der Waals surface area contributed by atoms with E-state index in [0.717, 1.165) is 0 Å². The molecule has 1 atom stereocenters. The normalized spacial score (nSPS) is 12.5. The number of carboxylic acid groups (broad SMARTS) is 1. The minimum absolute atomic E-state index is 0.0776. The number of esters is 1. The number of hydrogen-bond acceptors (Lipinski definition) is 6. The fourth-order valence-electron chi connectivity index (χ4n) is 1.42. The molecule has 0 saturated carbocycles. The number of rotatable bonds is 8. The van der Waals surface area contributed by atoms with Gasteiger partial charge in [-0.3, -0.25) is 9.59 Å². The van der Waals surface area contributed by atoms with E-state index in [1.54, 1.807) is 0 Å². The van der Waals surface area contributed by atoms with Gasteiger partial charge in [-0.25, -0.2) is 8.42 Å². The number of ether oxygens (including phenoxy) is 2. The molecule has 1 aromatic rings. The summed E-state index contributed by atoms with van der Waals surface area (Å²) in [6.07, 6.45) is 0.0776. The highest BCUT2D eigenvalue weighted by molar-refractivity contribution is 7.89. The van der Waals surface area contributed by atoms with Crippen LogP contribution in [0.2, 0.25) is 0 Å². The van der Waals surface area contributed by atoms with Crippen LogP contribution in [0.4, 0.5) is 0 Å². The lowest BCUT2D eigenvalue weighted by molar-refractivity contribution is -0.141. The second-order valence-corrected chi connectivity index (χ2v) is 6.04. The lowest BCUT2D eigenvalue weighted by Gasteiger charge is -2.11. The Morgan fingerprint density at radius 2 is 1.86 bits per heavy atom. The molecule has 0 radical (unpaired) electrons. The van der Waals surface area contributed by atoms with Gasteiger partial charge in [0.25, 0.3) is 0 Å². The molecule has 0 aromatic heterocycles. The number of carboxylic acids is 1. The van der Waals surface area contributed by atoms with Gasteiger partial charge in [0.05, 0.1) is 25.0 Å². The summed E-state index contributed by atoms with van der Waals surface area (Å²) in [5.41, 5.74) is 0. The number of hydrogen-bond donors (Lipinski definition) is 2. The summed E-state index contributed by atoms with van der Waals surface area (Å²) >= 11 is 0. The van der Waals surface area contributed by atoms with Crippen LogP contribution >= 0.6 is 0 Å². The van der Waals surface area contributed by atoms with E-state index in [0.29, 0.717) is 5.75 Å². The molecular weight excluding hydrogens is 314 g/mol. The van der Waals surface area contributed by atoms with Crippen LogP contribution in [0.3, 0.4) is 0 Å². The standard InChI is InChI=1S/C13H17NO7S/c1-9(13(16)17)14-22(18,19)11-5-3-10(4-6-11)21-8-7-12(15)20-2/h3-6,9,14H,7-8H2,1-2H3,(H,16,17). The largest absolute Gasteiger partial charge is 0.493 e. The van der Waals surface area contributed by atoms with Gasteiger partial charge in [-0.15, -0.1) is 0 Å². The van der Waals surface area contributed by atoms with Crippen LogP contribution in [0.25, 0.3) is 0 Å². The average molecular weight is 331 g/mol. The van der Waals surface area contributed by atoms with Crippen LogP contribution in [-0.4, -0.2) is 45.2 Å². The number of nitrogens with one attached hydrogen (secondary N) is 1. The Labute approximate surface area is 128 Å². The lowest BCUT2D eigenvalue weighted by atomic mass is 10.3. The molecule has 0 heterocycles. The van der Waals surface area contributed by atoms with Crippen LogP contribution in [0.5, 0.6) is 5.75 Å². The van der Waals surface area contributed by atoms with Gasteiger partial charge in [0.2, 0.25) is 10.0 Å². The molecule has 2 N–H and O–H groups in total. The third kappa shape index (κ3) is 5.34. The Hall–Kier alpha value is -2.13. The molecule has 0 aliphatic heterocycles. The molecule has 1 aromatic carbocycles. The van der Waals surface area contributed by atoms with Crippen LogP contribution in [0, 0.1) is 0 Å². The number of sulfonamides is 1. The van der Waals surface area contributed by atoms with E-state index in [4.69, 9.17) is 9.84 Å². The van der Waals surface area contributed by atoms with E-state index in [1.807, 2.05) is 4.72 Å². The maximum atomic E-state index is 11.9. The van der Waals surface area contributed by atoms with Crippen molar-refractivity contribution in [2.75, 3.05) is 13.7 Å². The molecule has 22 heavy (non-hydrogen) atoms. The fraction of sp³-hybridized carbons (Fsp3) is 0.385. The van der Waals surface area contributed by atoms with E-state index < -0.39 is 28.0 Å². The number of aliphatic carboxylic acids is 1. The quantitative estimate of drug-likeness (QED) is 0.661. The van der Waals surface area contributed by atoms with Gasteiger partial charge in [-0.05, 0) is 31.2 Å². The van der Waals surface area contributed by atoms with E-state index in [9.17, 15) is 18.0 Å². The summed E-state index contributed by atoms with van der Waals surface area (Å²) in [6.45, 7) is 1.33. The fourth-order valence-corrected chi connectivity index (χ4v) is 2.62. The first-order chi connectivity index (χ1) is 10.3. The minimum atomic E-state index is -3.92. The third-order valence-electron chi connectivity index (χ3n) is 2.64. The third-order valence-corrected chi connectivity index (χ3v) is 4.20. The molecule has 0 aliphatic carbocycles. The molecule has 0 bridgehead atoms. The van der Waals surface area contributed by atoms with Crippen molar-refractivity contribution in [3.05, 3.63) is 24.3 Å². The smallest absolute Gasteiger partial charge is 0.321 e. The van der Waals surface area contributed by atoms with Crippen molar-refractivity contribution in [2.24, 2.45) is 0 Å². The summed E-state index contributed by atoms with van der Waals surface area (Å²) in [5.74, 6) is -1.30. The van der Waals surface area contributed by atoms with Crippen LogP contribution in [0.15, 0.2) is 29.2 Å². The Bertz CT molecular complexity index is 624. The molecule has 122 valence electrons. The predicted octanol–water partition coefficient (Wildman–Crippen LogP) is 0.380. The highest BCUT2D eigenvalue weighted by atomic mass is 32.2. The zero-order valence-electron chi connectivity index (χ0n) is 12.1. The Morgan fingerprint density at radius 1 is 1.27 bits per heavy atom. The summed E-state index contributed by atoms with van der Waals surface area (Å²) in [7, 11) is -2.65. The maximum Gasteiger partial charge on any atom is 0.321 e. The van der Waals surface area contributed by atoms with Crippen LogP contribution in [-0.2, 0) is 24.3 Å². The zero-order valence-corrected chi connectivity index (χ0v) is 12.9. The second-order valence-electron chi connectivity index (χ2n) is 4.33. The number of carbonyl (C=O) groups excluding carboxylic acids is 1. The van der Waals surface area contributed by atoms with E-state index in [2.05, 4.69) is 4.74 Å². The molecular formula is C13H17NO7S. The average Bonchev–Trinajstić information content (AvgIpc) is 2.47. The molecule has 1 unspecified atom stereocenters. The SMILES string of the molecule is COC(=O)CCOc1ccc(S(=O)(=O)NC(C)C(=O)O)cc1. The van der Waals surface area contributed by atoms with Crippen molar-refractivity contribution in [1.82, 2.24) is 4.72 Å². The first kappa shape index (κ1) is 17.9. The van der Waals surface area contributed by atoms with E-state index >= 15 is 0 Å². The van der Waals surface area contributed by atoms with Gasteiger partial charge in [0.1, 0.15) is 11.8 Å². The van der Waals surface area contributed by atoms with Crippen molar-refractivity contribution < 1.29 is 32.6 Å². The highest BCUT2D eigenvalue weighted by Gasteiger charge is 2.21. The van der Waals surface area contributed by atoms with Crippen molar-refractivity contribution in [2.45, 2.75) is 24.3 Å². The summed E-state index contributed by atoms with van der Waals surface area (Å²) in [6, 6.07) is 4.16. The van der Waals surface area contributed by atoms with Crippen molar-refractivity contribution in [1.29, 1.82) is 0 Å². The second kappa shape index (κ2) is 7.76. The number of methoxy groups -OCH3 is 1. The first-order valence-corrected chi connectivity index (χ1v) is 7.79. The van der Waals surface area contributed by atoms with Crippen LogP contribution in [0.1, 0.15) is 13.3 Å². The van der Waals surface area contributed by atoms with E-state index in [1.165, 1.54) is 38.3 Å². The molecule has 0 amide bonds. The van der Waals surface area contributed by atoms with Gasteiger partial charge in [0.15, 0.2) is 0 Å². The maximum absolute atomic E-state index is 11.9. The number of carbonyl (C=O) groups is 2. The Kier molecular flexibility index (Phi) is 6.32. The molecule has 8 nitrogen and oxygen atoms in total. The molecule has 9 heteroatoms. The number of benzene rings is 1. The van der Waals surface area contributed by atoms with Gasteiger partial charge < -0.3 is 14.6 Å². The topological polar surface area (TPSA) is 119 Å². The van der Waals surface area contributed by atoms with Gasteiger partial charge in [0, 0.05) is 0 Å². The lowest BCUT2D eigenvalue weighted by Crippen LogP contribution is -2.38. The van der Waals surface area contributed by atoms with Crippen molar-refractivity contribution in [3.63, 3.8) is 0 Å². The van der Waals surface area contributed by atoms with Crippen molar-refractivity contribution in [3.8, 4) is 5.75 Å². The molecule has 1 rings (SSSR count). The van der Waals surface area contributed by atoms with Gasteiger partial charge >= 0.3 is 11.9 Å². The monoisotopic (exact) mass is 331 g/mol. The zero-order chi connectivity index (χ0) is 16.8. The highest BCUT2D eigenvalue weighted by Crippen LogP contribution is 2.16. The van der Waals surface area contributed by atoms with Gasteiger partial charge in [-0.2, -0.15) is 4.72 Å². The van der Waals surface area contributed by atoms with Gasteiger partial charge in [-0.1, -0.05) is 0 Å². The van der Waals surface area contributed by atoms with Crippen molar-refractivity contribution >= 4 is 22.0 Å². The molecule has 0 saturated heterocycles. The summed E-state index contributed by atoms with van der Waals surface area (Å²) in [5, 5.41) is 8.71. The minimum Gasteiger partial charge on any atom is -0.493 e. The molecule has 0 spiro atoms. The Morgan fingerprint density at radius 3 is 2.36 bits per heavy atom. The molecule has 0 aliphatic rings. The summed E-state index contributed by atoms with van der Waals surface area (Å²) in [4.78, 5) is 21.5. The predicted molar refractivity (Wildman–Crippen MR) is 76.0 cm³/mol. The Balaban J connectivity index is 2.67. The van der Waals surface area contributed by atoms with Crippen LogP contribution < -0.4 is 9.46 Å². The first-order valence-electron chi connectivity index (χ1n) is 6.31. The van der Waals surface area contributed by atoms with E-state index in [-0.39, 0.29) is 17.9 Å².